The zero-order chi connectivity index (χ0) is 21.8. The zero-order valence-corrected chi connectivity index (χ0v) is 18.1. The van der Waals surface area contributed by atoms with E-state index in [-0.39, 0.29) is 5.76 Å². The summed E-state index contributed by atoms with van der Waals surface area (Å²) in [4.78, 5) is 12.2. The standard InChI is InChI=1S/C24H18Cl2N2O3/c1-15-6-8-16(9-7-15)14-30-23-19(25)10-17(11-20(23)26)13-27-28-24(29)22-12-18-4-2-3-5-21(18)31-22/h2-13H,14H2,1H3,(H,28,29)/b27-13+. The first-order valence-corrected chi connectivity index (χ1v) is 10.2. The highest BCUT2D eigenvalue weighted by atomic mass is 35.5. The molecule has 1 aromatic heterocycles. The number of benzene rings is 3. The molecule has 0 fully saturated rings. The van der Waals surface area contributed by atoms with E-state index < -0.39 is 5.91 Å². The Morgan fingerprint density at radius 2 is 1.77 bits per heavy atom. The summed E-state index contributed by atoms with van der Waals surface area (Å²) in [5.41, 5.74) is 5.87. The third kappa shape index (κ3) is 5.08. The summed E-state index contributed by atoms with van der Waals surface area (Å²) in [7, 11) is 0. The van der Waals surface area contributed by atoms with Crippen LogP contribution in [0.4, 0.5) is 0 Å². The second-order valence-corrected chi connectivity index (χ2v) is 7.75. The van der Waals surface area contributed by atoms with E-state index in [2.05, 4.69) is 10.5 Å². The third-order valence-electron chi connectivity index (χ3n) is 4.55. The van der Waals surface area contributed by atoms with Gasteiger partial charge in [0, 0.05) is 5.39 Å². The molecule has 3 aromatic carbocycles. The number of ether oxygens (including phenoxy) is 1. The van der Waals surface area contributed by atoms with Crippen molar-refractivity contribution in [1.82, 2.24) is 5.43 Å². The smallest absolute Gasteiger partial charge is 0.307 e. The molecule has 31 heavy (non-hydrogen) atoms. The molecule has 0 aliphatic heterocycles. The van der Waals surface area contributed by atoms with Gasteiger partial charge in [-0.1, -0.05) is 71.2 Å². The van der Waals surface area contributed by atoms with Crippen LogP contribution >= 0.6 is 23.2 Å². The molecule has 4 aromatic rings. The van der Waals surface area contributed by atoms with E-state index in [1.165, 1.54) is 11.8 Å². The van der Waals surface area contributed by atoms with Crippen LogP contribution in [-0.4, -0.2) is 12.1 Å². The quantitative estimate of drug-likeness (QED) is 0.272. The van der Waals surface area contributed by atoms with Crippen molar-refractivity contribution in [2.75, 3.05) is 0 Å². The number of rotatable bonds is 6. The molecule has 0 aliphatic rings. The van der Waals surface area contributed by atoms with Crippen molar-refractivity contribution < 1.29 is 13.9 Å². The van der Waals surface area contributed by atoms with Gasteiger partial charge in [-0.15, -0.1) is 0 Å². The van der Waals surface area contributed by atoms with Gasteiger partial charge in [-0.3, -0.25) is 4.79 Å². The van der Waals surface area contributed by atoms with Gasteiger partial charge < -0.3 is 9.15 Å². The highest BCUT2D eigenvalue weighted by molar-refractivity contribution is 6.37. The number of amides is 1. The number of hydrazone groups is 1. The first-order valence-electron chi connectivity index (χ1n) is 9.49. The highest BCUT2D eigenvalue weighted by Gasteiger charge is 2.12. The molecule has 0 spiro atoms. The Morgan fingerprint density at radius 1 is 1.06 bits per heavy atom. The number of hydrogen-bond acceptors (Lipinski definition) is 4. The predicted octanol–water partition coefficient (Wildman–Crippen LogP) is 6.39. The maximum atomic E-state index is 12.2. The lowest BCUT2D eigenvalue weighted by Gasteiger charge is -2.11. The fraction of sp³-hybridized carbons (Fsp3) is 0.0833. The van der Waals surface area contributed by atoms with Gasteiger partial charge in [0.25, 0.3) is 0 Å². The highest BCUT2D eigenvalue weighted by Crippen LogP contribution is 2.34. The first-order chi connectivity index (χ1) is 15.0. The van der Waals surface area contributed by atoms with Crippen molar-refractivity contribution >= 4 is 46.3 Å². The number of para-hydroxylation sites is 1. The van der Waals surface area contributed by atoms with Crippen molar-refractivity contribution in [3.05, 3.63) is 99.2 Å². The summed E-state index contributed by atoms with van der Waals surface area (Å²) >= 11 is 12.7. The molecule has 5 nitrogen and oxygen atoms in total. The topological polar surface area (TPSA) is 63.8 Å². The van der Waals surface area contributed by atoms with E-state index >= 15 is 0 Å². The SMILES string of the molecule is Cc1ccc(COc2c(Cl)cc(/C=N/NC(=O)c3cc4ccccc4o3)cc2Cl)cc1. The van der Waals surface area contributed by atoms with Gasteiger partial charge in [0.1, 0.15) is 12.2 Å². The Hall–Kier alpha value is -3.28. The van der Waals surface area contributed by atoms with Crippen molar-refractivity contribution in [2.24, 2.45) is 5.10 Å². The van der Waals surface area contributed by atoms with Gasteiger partial charge in [0.05, 0.1) is 16.3 Å². The summed E-state index contributed by atoms with van der Waals surface area (Å²) in [6, 6.07) is 20.4. The normalized spacial score (nSPS) is 11.2. The minimum Gasteiger partial charge on any atom is -0.486 e. The van der Waals surface area contributed by atoms with Crippen molar-refractivity contribution in [1.29, 1.82) is 0 Å². The maximum absolute atomic E-state index is 12.2. The van der Waals surface area contributed by atoms with Crippen LogP contribution in [0, 0.1) is 6.92 Å². The van der Waals surface area contributed by atoms with Gasteiger partial charge in [-0.05, 0) is 42.3 Å². The summed E-state index contributed by atoms with van der Waals surface area (Å²) in [6.07, 6.45) is 1.45. The lowest BCUT2D eigenvalue weighted by atomic mass is 10.2. The fourth-order valence-corrected chi connectivity index (χ4v) is 3.56. The number of furan rings is 1. The second kappa shape index (κ2) is 9.25. The van der Waals surface area contributed by atoms with E-state index in [0.717, 1.165) is 10.9 Å². The number of fused-ring (bicyclic) bond motifs is 1. The number of halogens is 2. The molecule has 1 heterocycles. The van der Waals surface area contributed by atoms with Crippen LogP contribution in [0.3, 0.4) is 0 Å². The van der Waals surface area contributed by atoms with Gasteiger partial charge in [-0.2, -0.15) is 5.10 Å². The van der Waals surface area contributed by atoms with Crippen LogP contribution in [0.1, 0.15) is 27.2 Å². The lowest BCUT2D eigenvalue weighted by Crippen LogP contribution is -2.16. The van der Waals surface area contributed by atoms with E-state index in [1.54, 1.807) is 24.3 Å². The number of aryl methyl sites for hydroxylation is 1. The van der Waals surface area contributed by atoms with Gasteiger partial charge in [0.15, 0.2) is 11.5 Å². The molecule has 0 atom stereocenters. The van der Waals surface area contributed by atoms with Crippen LogP contribution < -0.4 is 10.2 Å². The van der Waals surface area contributed by atoms with Crippen LogP contribution in [-0.2, 0) is 6.61 Å². The van der Waals surface area contributed by atoms with E-state index in [4.69, 9.17) is 32.4 Å². The van der Waals surface area contributed by atoms with E-state index in [9.17, 15) is 4.79 Å². The van der Waals surface area contributed by atoms with E-state index in [1.807, 2.05) is 49.4 Å². The second-order valence-electron chi connectivity index (χ2n) is 6.94. The number of nitrogens with one attached hydrogen (secondary N) is 1. The van der Waals surface area contributed by atoms with Gasteiger partial charge >= 0.3 is 5.91 Å². The average Bonchev–Trinajstić information content (AvgIpc) is 3.19. The van der Waals surface area contributed by atoms with Crippen LogP contribution in [0.25, 0.3) is 11.0 Å². The van der Waals surface area contributed by atoms with E-state index in [0.29, 0.717) is 33.5 Å². The monoisotopic (exact) mass is 452 g/mol. The largest absolute Gasteiger partial charge is 0.486 e. The molecule has 156 valence electrons. The molecule has 0 saturated heterocycles. The Balaban J connectivity index is 1.40. The van der Waals surface area contributed by atoms with Crippen LogP contribution in [0.2, 0.25) is 10.0 Å². The fourth-order valence-electron chi connectivity index (χ4n) is 2.95. The molecule has 4 rings (SSSR count). The Bertz CT molecular complexity index is 1210. The van der Waals surface area contributed by atoms with Gasteiger partial charge in [0.2, 0.25) is 0 Å². The number of carbonyl (C=O) groups excluding carboxylic acids is 1. The minimum absolute atomic E-state index is 0.175. The maximum Gasteiger partial charge on any atom is 0.307 e. The third-order valence-corrected chi connectivity index (χ3v) is 5.11. The summed E-state index contributed by atoms with van der Waals surface area (Å²) in [6.45, 7) is 2.37. The molecule has 0 unspecified atom stereocenters. The number of hydrogen-bond donors (Lipinski definition) is 1. The molecule has 0 bridgehead atoms. The Labute approximate surface area is 189 Å². The lowest BCUT2D eigenvalue weighted by molar-refractivity contribution is 0.0929. The number of carbonyl (C=O) groups is 1. The predicted molar refractivity (Wildman–Crippen MR) is 123 cm³/mol. The van der Waals surface area contributed by atoms with Crippen LogP contribution in [0.15, 0.2) is 76.2 Å². The van der Waals surface area contributed by atoms with Crippen molar-refractivity contribution in [2.45, 2.75) is 13.5 Å². The molecular weight excluding hydrogens is 435 g/mol. The average molecular weight is 453 g/mol. The molecule has 7 heteroatoms. The molecule has 1 amide bonds. The van der Waals surface area contributed by atoms with Crippen molar-refractivity contribution in [3.63, 3.8) is 0 Å². The summed E-state index contributed by atoms with van der Waals surface area (Å²) in [5, 5.41) is 5.51. The molecule has 0 radical (unpaired) electrons. The summed E-state index contributed by atoms with van der Waals surface area (Å²) < 4.78 is 11.3. The van der Waals surface area contributed by atoms with Crippen molar-refractivity contribution in [3.8, 4) is 5.75 Å². The molecule has 0 aliphatic carbocycles. The van der Waals surface area contributed by atoms with Crippen LogP contribution in [0.5, 0.6) is 5.75 Å². The Morgan fingerprint density at radius 3 is 2.48 bits per heavy atom. The Kier molecular flexibility index (Phi) is 6.26. The molecule has 1 N–H and O–H groups in total. The summed E-state index contributed by atoms with van der Waals surface area (Å²) in [5.74, 6) is 0.115. The number of nitrogens with zero attached hydrogens (tertiary/aromatic N) is 1. The minimum atomic E-state index is -0.456. The van der Waals surface area contributed by atoms with Gasteiger partial charge in [-0.25, -0.2) is 5.43 Å². The zero-order valence-electron chi connectivity index (χ0n) is 16.6. The molecule has 0 saturated carbocycles. The molecular formula is C24H18Cl2N2O3. The first kappa shape index (κ1) is 21.0.